The highest BCUT2D eigenvalue weighted by atomic mass is 16.5. The maximum absolute atomic E-state index is 5.18. The van der Waals surface area contributed by atoms with Crippen molar-refractivity contribution in [2.45, 2.75) is 13.0 Å². The van der Waals surface area contributed by atoms with Gasteiger partial charge in [-0.15, -0.1) is 0 Å². The van der Waals surface area contributed by atoms with Crippen LogP contribution < -0.4 is 10.1 Å². The van der Waals surface area contributed by atoms with E-state index in [0.29, 0.717) is 0 Å². The Kier molecular flexibility index (Phi) is 3.29. The summed E-state index contributed by atoms with van der Waals surface area (Å²) in [6.07, 6.45) is 3.76. The van der Waals surface area contributed by atoms with Crippen molar-refractivity contribution < 1.29 is 4.74 Å². The van der Waals surface area contributed by atoms with Gasteiger partial charge in [0.05, 0.1) is 7.11 Å². The van der Waals surface area contributed by atoms with E-state index in [2.05, 4.69) is 35.4 Å². The normalized spacial score (nSPS) is 12.3. The lowest BCUT2D eigenvalue weighted by molar-refractivity contribution is 0.414. The third-order valence-corrected chi connectivity index (χ3v) is 3.41. The smallest absolute Gasteiger partial charge is 0.138 e. The number of benzene rings is 1. The number of imidazole rings is 1. The summed E-state index contributed by atoms with van der Waals surface area (Å²) < 4.78 is 7.22. The van der Waals surface area contributed by atoms with E-state index in [-0.39, 0.29) is 6.04 Å². The Balaban J connectivity index is 1.84. The number of rotatable bonds is 4. The van der Waals surface area contributed by atoms with Gasteiger partial charge in [-0.05, 0) is 36.8 Å². The van der Waals surface area contributed by atoms with Crippen LogP contribution in [-0.2, 0) is 0 Å². The third kappa shape index (κ3) is 2.32. The minimum Gasteiger partial charge on any atom is -0.497 e. The molecular formula is C16H17N3O. The van der Waals surface area contributed by atoms with Crippen molar-refractivity contribution in [1.29, 1.82) is 0 Å². The molecule has 2 aromatic heterocycles. The van der Waals surface area contributed by atoms with Gasteiger partial charge in [0.15, 0.2) is 0 Å². The molecule has 0 aliphatic carbocycles. The highest BCUT2D eigenvalue weighted by Crippen LogP contribution is 2.22. The van der Waals surface area contributed by atoms with Crippen LogP contribution in [-0.4, -0.2) is 16.5 Å². The Hall–Kier alpha value is -2.49. The molecule has 20 heavy (non-hydrogen) atoms. The van der Waals surface area contributed by atoms with E-state index in [1.54, 1.807) is 13.3 Å². The van der Waals surface area contributed by atoms with Crippen LogP contribution in [0, 0.1) is 0 Å². The van der Waals surface area contributed by atoms with Gasteiger partial charge in [0.1, 0.15) is 17.2 Å². The predicted molar refractivity (Wildman–Crippen MR) is 80.2 cm³/mol. The molecule has 0 aliphatic rings. The first-order valence-corrected chi connectivity index (χ1v) is 6.60. The van der Waals surface area contributed by atoms with Crippen LogP contribution in [0.4, 0.5) is 5.82 Å². The molecule has 1 aromatic carbocycles. The van der Waals surface area contributed by atoms with E-state index in [1.807, 2.05) is 34.9 Å². The van der Waals surface area contributed by atoms with Crippen LogP contribution in [0.3, 0.4) is 0 Å². The second-order valence-electron chi connectivity index (χ2n) is 4.71. The van der Waals surface area contributed by atoms with E-state index in [4.69, 9.17) is 4.74 Å². The molecule has 0 saturated carbocycles. The minimum atomic E-state index is 0.203. The fourth-order valence-corrected chi connectivity index (χ4v) is 2.26. The van der Waals surface area contributed by atoms with Gasteiger partial charge in [-0.25, -0.2) is 4.98 Å². The Bertz CT molecular complexity index is 703. The lowest BCUT2D eigenvalue weighted by Crippen LogP contribution is -2.09. The van der Waals surface area contributed by atoms with Crippen molar-refractivity contribution in [2.24, 2.45) is 0 Å². The number of methoxy groups -OCH3 is 1. The molecule has 1 unspecified atom stereocenters. The van der Waals surface area contributed by atoms with E-state index < -0.39 is 0 Å². The second-order valence-corrected chi connectivity index (χ2v) is 4.71. The van der Waals surface area contributed by atoms with E-state index in [1.165, 1.54) is 5.56 Å². The van der Waals surface area contributed by atoms with Gasteiger partial charge >= 0.3 is 0 Å². The Labute approximate surface area is 118 Å². The zero-order chi connectivity index (χ0) is 13.9. The summed E-state index contributed by atoms with van der Waals surface area (Å²) in [6.45, 7) is 2.14. The lowest BCUT2D eigenvalue weighted by atomic mass is 10.1. The molecule has 0 bridgehead atoms. The monoisotopic (exact) mass is 267 g/mol. The van der Waals surface area contributed by atoms with Gasteiger partial charge in [0.25, 0.3) is 0 Å². The summed E-state index contributed by atoms with van der Waals surface area (Å²) in [5.74, 6) is 1.90. The van der Waals surface area contributed by atoms with Crippen molar-refractivity contribution in [3.63, 3.8) is 0 Å². The molecule has 102 valence electrons. The highest BCUT2D eigenvalue weighted by molar-refractivity contribution is 5.51. The molecule has 0 fully saturated rings. The largest absolute Gasteiger partial charge is 0.497 e. The molecule has 4 heteroatoms. The first-order chi connectivity index (χ1) is 9.78. The fraction of sp³-hybridized carbons (Fsp3) is 0.188. The summed E-state index contributed by atoms with van der Waals surface area (Å²) in [6, 6.07) is 14.4. The molecule has 0 amide bonds. The number of hydrogen-bond acceptors (Lipinski definition) is 3. The number of fused-ring (bicyclic) bond motifs is 1. The lowest BCUT2D eigenvalue weighted by Gasteiger charge is -2.17. The van der Waals surface area contributed by atoms with Gasteiger partial charge in [-0.2, -0.15) is 0 Å². The third-order valence-electron chi connectivity index (χ3n) is 3.41. The molecule has 0 saturated heterocycles. The molecule has 3 aromatic rings. The second kappa shape index (κ2) is 5.25. The van der Waals surface area contributed by atoms with E-state index in [9.17, 15) is 0 Å². The molecule has 2 heterocycles. The van der Waals surface area contributed by atoms with Crippen LogP contribution in [0.15, 0.2) is 54.9 Å². The summed E-state index contributed by atoms with van der Waals surface area (Å²) in [4.78, 5) is 4.29. The number of hydrogen-bond donors (Lipinski definition) is 1. The van der Waals surface area contributed by atoms with Crippen molar-refractivity contribution in [1.82, 2.24) is 9.38 Å². The van der Waals surface area contributed by atoms with Gasteiger partial charge in [0.2, 0.25) is 0 Å². The van der Waals surface area contributed by atoms with Crippen LogP contribution in [0.2, 0.25) is 0 Å². The Morgan fingerprint density at radius 2 is 1.95 bits per heavy atom. The van der Waals surface area contributed by atoms with Gasteiger partial charge in [0, 0.05) is 18.4 Å². The summed E-state index contributed by atoms with van der Waals surface area (Å²) >= 11 is 0. The number of anilines is 1. The molecule has 4 nitrogen and oxygen atoms in total. The SMILES string of the molecule is COc1ccc(C(C)Nc2cccc3nccn23)cc1. The molecular weight excluding hydrogens is 250 g/mol. The van der Waals surface area contributed by atoms with Crippen molar-refractivity contribution in [2.75, 3.05) is 12.4 Å². The standard InChI is InChI=1S/C16H17N3O/c1-12(13-6-8-14(20-2)9-7-13)18-16-5-3-4-15-17-10-11-19(15)16/h3-12,18H,1-2H3. The van der Waals surface area contributed by atoms with Crippen LogP contribution in [0.25, 0.3) is 5.65 Å². The highest BCUT2D eigenvalue weighted by Gasteiger charge is 2.07. The van der Waals surface area contributed by atoms with Gasteiger partial charge < -0.3 is 10.1 Å². The summed E-state index contributed by atoms with van der Waals surface area (Å²) in [7, 11) is 1.68. The van der Waals surface area contributed by atoms with Gasteiger partial charge in [-0.3, -0.25) is 4.40 Å². The number of ether oxygens (including phenoxy) is 1. The quantitative estimate of drug-likeness (QED) is 0.786. The number of aromatic nitrogens is 2. The molecule has 3 rings (SSSR count). The molecule has 0 radical (unpaired) electrons. The number of nitrogens with one attached hydrogen (secondary N) is 1. The maximum atomic E-state index is 5.18. The van der Waals surface area contributed by atoms with Crippen LogP contribution in [0.1, 0.15) is 18.5 Å². The number of nitrogens with zero attached hydrogens (tertiary/aromatic N) is 2. The molecule has 0 spiro atoms. The van der Waals surface area contributed by atoms with Crippen molar-refractivity contribution in [3.8, 4) is 5.75 Å². The summed E-state index contributed by atoms with van der Waals surface area (Å²) in [5.41, 5.74) is 2.15. The Morgan fingerprint density at radius 1 is 1.15 bits per heavy atom. The first-order valence-electron chi connectivity index (χ1n) is 6.60. The summed E-state index contributed by atoms with van der Waals surface area (Å²) in [5, 5.41) is 3.51. The maximum Gasteiger partial charge on any atom is 0.138 e. The van der Waals surface area contributed by atoms with Gasteiger partial charge in [-0.1, -0.05) is 18.2 Å². The zero-order valence-corrected chi connectivity index (χ0v) is 11.6. The van der Waals surface area contributed by atoms with Crippen LogP contribution >= 0.6 is 0 Å². The first kappa shape index (κ1) is 12.5. The topological polar surface area (TPSA) is 38.6 Å². The Morgan fingerprint density at radius 3 is 2.70 bits per heavy atom. The molecule has 0 aliphatic heterocycles. The van der Waals surface area contributed by atoms with E-state index in [0.717, 1.165) is 17.2 Å². The molecule has 1 atom stereocenters. The molecule has 1 N–H and O–H groups in total. The predicted octanol–water partition coefficient (Wildman–Crippen LogP) is 3.52. The van der Waals surface area contributed by atoms with Crippen molar-refractivity contribution in [3.05, 3.63) is 60.4 Å². The zero-order valence-electron chi connectivity index (χ0n) is 11.6. The van der Waals surface area contributed by atoms with Crippen LogP contribution in [0.5, 0.6) is 5.75 Å². The average Bonchev–Trinajstić information content (AvgIpc) is 2.97. The fourth-order valence-electron chi connectivity index (χ4n) is 2.26. The number of pyridine rings is 1. The average molecular weight is 267 g/mol. The van der Waals surface area contributed by atoms with E-state index >= 15 is 0 Å². The van der Waals surface area contributed by atoms with Crippen molar-refractivity contribution >= 4 is 11.5 Å². The minimum absolute atomic E-state index is 0.203.